The van der Waals surface area contributed by atoms with Gasteiger partial charge in [0.2, 0.25) is 0 Å². The first-order chi connectivity index (χ1) is 8.61. The van der Waals surface area contributed by atoms with E-state index < -0.39 is 5.82 Å². The Morgan fingerprint density at radius 2 is 2.33 bits per heavy atom. The van der Waals surface area contributed by atoms with Crippen LogP contribution in [0.3, 0.4) is 0 Å². The summed E-state index contributed by atoms with van der Waals surface area (Å²) in [4.78, 5) is 12.0. The van der Waals surface area contributed by atoms with Crippen molar-refractivity contribution in [2.24, 2.45) is 0 Å². The van der Waals surface area contributed by atoms with Crippen molar-refractivity contribution in [1.29, 1.82) is 0 Å². The molecule has 0 aliphatic rings. The molecular weight excluding hydrogens is 301 g/mol. The summed E-state index contributed by atoms with van der Waals surface area (Å²) in [7, 11) is 0. The van der Waals surface area contributed by atoms with Crippen molar-refractivity contribution in [1.82, 2.24) is 10.2 Å². The molecule has 0 aliphatic heterocycles. The molecule has 94 valence electrons. The first kappa shape index (κ1) is 12.8. The molecule has 1 aromatic heterocycles. The van der Waals surface area contributed by atoms with Gasteiger partial charge in [0.25, 0.3) is 5.91 Å². The van der Waals surface area contributed by atoms with Crippen LogP contribution in [0.2, 0.25) is 0 Å². The topological polar surface area (TPSA) is 57.8 Å². The third kappa shape index (κ3) is 2.59. The van der Waals surface area contributed by atoms with Gasteiger partial charge in [-0.25, -0.2) is 4.39 Å². The van der Waals surface area contributed by atoms with E-state index in [4.69, 9.17) is 0 Å². The molecule has 18 heavy (non-hydrogen) atoms. The van der Waals surface area contributed by atoms with Crippen LogP contribution in [0.25, 0.3) is 0 Å². The Labute approximate surface area is 112 Å². The minimum Gasteiger partial charge on any atom is -0.307 e. The predicted octanol–water partition coefficient (Wildman–Crippen LogP) is 3.13. The molecule has 0 aliphatic carbocycles. The van der Waals surface area contributed by atoms with Crippen molar-refractivity contribution in [2.45, 2.75) is 13.3 Å². The van der Waals surface area contributed by atoms with Crippen LogP contribution in [0.4, 0.5) is 10.2 Å². The number of aromatic amines is 1. The van der Waals surface area contributed by atoms with Crippen LogP contribution >= 0.6 is 15.9 Å². The molecule has 0 fully saturated rings. The molecule has 0 saturated carbocycles. The molecule has 2 aromatic rings. The lowest BCUT2D eigenvalue weighted by Crippen LogP contribution is -2.14. The number of hydrogen-bond donors (Lipinski definition) is 2. The highest BCUT2D eigenvalue weighted by Crippen LogP contribution is 2.20. The van der Waals surface area contributed by atoms with Crippen molar-refractivity contribution in [3.05, 3.63) is 45.8 Å². The van der Waals surface area contributed by atoms with E-state index in [1.807, 2.05) is 6.92 Å². The highest BCUT2D eigenvalue weighted by molar-refractivity contribution is 9.10. The van der Waals surface area contributed by atoms with E-state index in [1.54, 1.807) is 6.20 Å². The number of aryl methyl sites for hydroxylation is 1. The maximum Gasteiger partial charge on any atom is 0.257 e. The van der Waals surface area contributed by atoms with Crippen molar-refractivity contribution >= 4 is 27.7 Å². The zero-order valence-electron chi connectivity index (χ0n) is 9.63. The van der Waals surface area contributed by atoms with Gasteiger partial charge in [-0.2, -0.15) is 5.10 Å². The number of carbonyl (C=O) groups is 1. The lowest BCUT2D eigenvalue weighted by atomic mass is 10.2. The minimum atomic E-state index is -0.394. The number of hydrogen-bond acceptors (Lipinski definition) is 2. The first-order valence-corrected chi connectivity index (χ1v) is 6.19. The SMILES string of the molecule is CCc1cn[nH]c1NC(=O)c1ccc(F)cc1Br. The summed E-state index contributed by atoms with van der Waals surface area (Å²) >= 11 is 3.16. The smallest absolute Gasteiger partial charge is 0.257 e. The molecule has 2 rings (SSSR count). The fourth-order valence-corrected chi connectivity index (χ4v) is 2.07. The number of halogens is 2. The van der Waals surface area contributed by atoms with Crippen molar-refractivity contribution < 1.29 is 9.18 Å². The van der Waals surface area contributed by atoms with E-state index in [-0.39, 0.29) is 5.91 Å². The van der Waals surface area contributed by atoms with Crippen LogP contribution in [0.15, 0.2) is 28.9 Å². The molecule has 0 saturated heterocycles. The molecule has 0 radical (unpaired) electrons. The molecule has 0 unspecified atom stereocenters. The van der Waals surface area contributed by atoms with E-state index in [2.05, 4.69) is 31.4 Å². The number of amides is 1. The summed E-state index contributed by atoms with van der Waals surface area (Å²) in [5.41, 5.74) is 1.29. The van der Waals surface area contributed by atoms with Crippen LogP contribution in [-0.2, 0) is 6.42 Å². The monoisotopic (exact) mass is 311 g/mol. The van der Waals surface area contributed by atoms with Crippen LogP contribution in [-0.4, -0.2) is 16.1 Å². The van der Waals surface area contributed by atoms with Gasteiger partial charge in [-0.1, -0.05) is 6.92 Å². The predicted molar refractivity (Wildman–Crippen MR) is 70.0 cm³/mol. The quantitative estimate of drug-likeness (QED) is 0.915. The standard InChI is InChI=1S/C12H11BrFN3O/c1-2-7-6-15-17-11(7)16-12(18)9-4-3-8(14)5-10(9)13/h3-6H,2H2,1H3,(H2,15,16,17,18). The highest BCUT2D eigenvalue weighted by atomic mass is 79.9. The minimum absolute atomic E-state index is 0.319. The molecule has 1 heterocycles. The maximum atomic E-state index is 12.9. The van der Waals surface area contributed by atoms with Crippen LogP contribution in [0.5, 0.6) is 0 Å². The van der Waals surface area contributed by atoms with Gasteiger partial charge in [0, 0.05) is 10.0 Å². The molecule has 0 atom stereocenters. The largest absolute Gasteiger partial charge is 0.307 e. The van der Waals surface area contributed by atoms with Gasteiger partial charge in [-0.3, -0.25) is 9.89 Å². The molecule has 0 bridgehead atoms. The van der Waals surface area contributed by atoms with Crippen molar-refractivity contribution in [3.63, 3.8) is 0 Å². The lowest BCUT2D eigenvalue weighted by molar-refractivity contribution is 0.102. The molecule has 0 spiro atoms. The van der Waals surface area contributed by atoms with Gasteiger partial charge in [0.1, 0.15) is 11.6 Å². The Morgan fingerprint density at radius 3 is 3.00 bits per heavy atom. The second-order valence-electron chi connectivity index (χ2n) is 3.70. The number of carbonyl (C=O) groups excluding carboxylic acids is 1. The molecule has 1 amide bonds. The third-order valence-electron chi connectivity index (χ3n) is 2.51. The van der Waals surface area contributed by atoms with E-state index in [0.29, 0.717) is 15.9 Å². The van der Waals surface area contributed by atoms with Gasteiger partial charge in [0.15, 0.2) is 0 Å². The Balaban J connectivity index is 2.22. The fourth-order valence-electron chi connectivity index (χ4n) is 1.54. The number of nitrogens with one attached hydrogen (secondary N) is 2. The van der Waals surface area contributed by atoms with E-state index in [0.717, 1.165) is 12.0 Å². The number of anilines is 1. The van der Waals surface area contributed by atoms with Gasteiger partial charge in [0.05, 0.1) is 11.8 Å². The number of nitrogens with zero attached hydrogens (tertiary/aromatic N) is 1. The van der Waals surface area contributed by atoms with Crippen LogP contribution < -0.4 is 5.32 Å². The summed E-state index contributed by atoms with van der Waals surface area (Å²) in [5.74, 6) is -0.145. The summed E-state index contributed by atoms with van der Waals surface area (Å²) in [5, 5.41) is 9.29. The van der Waals surface area contributed by atoms with Gasteiger partial charge in [-0.05, 0) is 40.5 Å². The van der Waals surface area contributed by atoms with Crippen molar-refractivity contribution in [2.75, 3.05) is 5.32 Å². The molecule has 1 aromatic carbocycles. The number of rotatable bonds is 3. The third-order valence-corrected chi connectivity index (χ3v) is 3.17. The number of aromatic nitrogens is 2. The molecule has 2 N–H and O–H groups in total. The zero-order valence-corrected chi connectivity index (χ0v) is 11.2. The Kier molecular flexibility index (Phi) is 3.76. The average Bonchev–Trinajstić information content (AvgIpc) is 2.76. The molecule has 6 heteroatoms. The lowest BCUT2D eigenvalue weighted by Gasteiger charge is -2.06. The van der Waals surface area contributed by atoms with E-state index in [1.165, 1.54) is 18.2 Å². The first-order valence-electron chi connectivity index (χ1n) is 5.40. The second-order valence-corrected chi connectivity index (χ2v) is 4.56. The zero-order chi connectivity index (χ0) is 13.1. The molecular formula is C12H11BrFN3O. The van der Waals surface area contributed by atoms with Gasteiger partial charge < -0.3 is 5.32 Å². The Bertz CT molecular complexity index is 582. The summed E-state index contributed by atoms with van der Waals surface area (Å²) < 4.78 is 13.3. The van der Waals surface area contributed by atoms with Crippen LogP contribution in [0, 0.1) is 5.82 Å². The second kappa shape index (κ2) is 5.30. The summed E-state index contributed by atoms with van der Waals surface area (Å²) in [6.07, 6.45) is 2.42. The molecule has 4 nitrogen and oxygen atoms in total. The van der Waals surface area contributed by atoms with E-state index >= 15 is 0 Å². The number of H-pyrrole nitrogens is 1. The Hall–Kier alpha value is -1.69. The Morgan fingerprint density at radius 1 is 1.56 bits per heavy atom. The van der Waals surface area contributed by atoms with Gasteiger partial charge in [-0.15, -0.1) is 0 Å². The summed E-state index contributed by atoms with van der Waals surface area (Å²) in [6, 6.07) is 3.92. The number of benzene rings is 1. The van der Waals surface area contributed by atoms with Crippen molar-refractivity contribution in [3.8, 4) is 0 Å². The normalized spacial score (nSPS) is 10.4. The summed E-state index contributed by atoms with van der Waals surface area (Å²) in [6.45, 7) is 1.97. The van der Waals surface area contributed by atoms with Crippen LogP contribution in [0.1, 0.15) is 22.8 Å². The maximum absolute atomic E-state index is 12.9. The fraction of sp³-hybridized carbons (Fsp3) is 0.167. The average molecular weight is 312 g/mol. The highest BCUT2D eigenvalue weighted by Gasteiger charge is 2.13. The van der Waals surface area contributed by atoms with Gasteiger partial charge >= 0.3 is 0 Å². The van der Waals surface area contributed by atoms with E-state index in [9.17, 15) is 9.18 Å².